The van der Waals surface area contributed by atoms with Gasteiger partial charge in [-0.25, -0.2) is 4.79 Å². The minimum absolute atomic E-state index is 0.330. The number of aryl methyl sites for hydroxylation is 3. The Kier molecular flexibility index (Phi) is 7.03. The zero-order chi connectivity index (χ0) is 22.4. The molecule has 0 aliphatic rings. The van der Waals surface area contributed by atoms with Gasteiger partial charge in [0.2, 0.25) is 0 Å². The molecule has 2 amide bonds. The Morgan fingerprint density at radius 1 is 1.00 bits per heavy atom. The van der Waals surface area contributed by atoms with Gasteiger partial charge in [-0.15, -0.1) is 0 Å². The molecule has 1 aromatic heterocycles. The lowest BCUT2D eigenvalue weighted by atomic mass is 10.0. The molecule has 0 fully saturated rings. The number of pyridine rings is 1. The third kappa shape index (κ3) is 5.69. The molecule has 6 heteroatoms. The van der Waals surface area contributed by atoms with Crippen LogP contribution in [0.25, 0.3) is 0 Å². The summed E-state index contributed by atoms with van der Waals surface area (Å²) in [6.45, 7) is 6.36. The Morgan fingerprint density at radius 2 is 1.74 bits per heavy atom. The van der Waals surface area contributed by atoms with E-state index in [1.807, 2.05) is 57.2 Å². The van der Waals surface area contributed by atoms with Gasteiger partial charge in [0.15, 0.2) is 0 Å². The van der Waals surface area contributed by atoms with Gasteiger partial charge in [0.1, 0.15) is 6.04 Å². The molecule has 0 spiro atoms. The van der Waals surface area contributed by atoms with E-state index in [1.165, 1.54) is 0 Å². The van der Waals surface area contributed by atoms with Crippen LogP contribution in [0.4, 0.5) is 10.5 Å². The van der Waals surface area contributed by atoms with E-state index in [9.17, 15) is 14.7 Å². The normalized spacial score (nSPS) is 11.6. The summed E-state index contributed by atoms with van der Waals surface area (Å²) >= 11 is 0. The fraction of sp³-hybridized carbons (Fsp3) is 0.240. The average Bonchev–Trinajstić information content (AvgIpc) is 2.76. The highest BCUT2D eigenvalue weighted by Crippen LogP contribution is 2.24. The van der Waals surface area contributed by atoms with Gasteiger partial charge in [-0.05, 0) is 61.2 Å². The van der Waals surface area contributed by atoms with Crippen molar-refractivity contribution >= 4 is 17.7 Å². The minimum Gasteiger partial charge on any atom is -0.465 e. The van der Waals surface area contributed by atoms with Gasteiger partial charge < -0.3 is 15.3 Å². The topological polar surface area (TPSA) is 82.5 Å². The molecule has 2 N–H and O–H groups in total. The van der Waals surface area contributed by atoms with Crippen LogP contribution in [-0.4, -0.2) is 28.6 Å². The lowest BCUT2D eigenvalue weighted by Crippen LogP contribution is -2.43. The molecule has 31 heavy (non-hydrogen) atoms. The van der Waals surface area contributed by atoms with Gasteiger partial charge in [0.05, 0.1) is 0 Å². The number of aromatic nitrogens is 1. The lowest BCUT2D eigenvalue weighted by Gasteiger charge is -2.28. The van der Waals surface area contributed by atoms with Crippen molar-refractivity contribution in [2.24, 2.45) is 0 Å². The van der Waals surface area contributed by atoms with Crippen LogP contribution >= 0.6 is 0 Å². The average molecular weight is 418 g/mol. The fourth-order valence-corrected chi connectivity index (χ4v) is 3.35. The molecule has 2 aromatic carbocycles. The zero-order valence-corrected chi connectivity index (χ0v) is 18.0. The number of carboxylic acid groups (broad SMARTS) is 1. The van der Waals surface area contributed by atoms with Crippen molar-refractivity contribution in [2.45, 2.75) is 33.2 Å². The molecule has 0 saturated heterocycles. The van der Waals surface area contributed by atoms with E-state index in [2.05, 4.69) is 10.3 Å². The Morgan fingerprint density at radius 3 is 2.35 bits per heavy atom. The highest BCUT2D eigenvalue weighted by atomic mass is 16.4. The summed E-state index contributed by atoms with van der Waals surface area (Å²) in [5.74, 6) is -0.330. The van der Waals surface area contributed by atoms with E-state index in [0.29, 0.717) is 18.5 Å². The zero-order valence-electron chi connectivity index (χ0n) is 18.0. The second kappa shape index (κ2) is 9.89. The molecule has 0 unspecified atom stereocenters. The molecule has 160 valence electrons. The first-order valence-electron chi connectivity index (χ1n) is 10.2. The number of benzene rings is 2. The lowest BCUT2D eigenvalue weighted by molar-refractivity contribution is -0.120. The smallest absolute Gasteiger partial charge is 0.405 e. The summed E-state index contributed by atoms with van der Waals surface area (Å²) in [5, 5.41) is 11.8. The van der Waals surface area contributed by atoms with Crippen molar-refractivity contribution < 1.29 is 14.7 Å². The Labute approximate surface area is 182 Å². The summed E-state index contributed by atoms with van der Waals surface area (Å²) in [6.07, 6.45) is 1.10. The number of amides is 2. The number of hydrogen-bond donors (Lipinski definition) is 2. The molecule has 0 saturated carbocycles. The monoisotopic (exact) mass is 417 g/mol. The van der Waals surface area contributed by atoms with E-state index in [0.717, 1.165) is 28.1 Å². The maximum atomic E-state index is 13.6. The standard InChI is InChI=1S/C25H27N3O3/c1-17-9-11-21(26-16-17)13-14-28(22-12-10-18(2)19(3)15-22)24(29)23(27-25(30)31)20-7-5-4-6-8-20/h4-12,15-16,23,27H,13-14H2,1-3H3,(H,30,31)/t23-/m0/s1. The second-order valence-corrected chi connectivity index (χ2v) is 7.63. The van der Waals surface area contributed by atoms with Gasteiger partial charge in [0.25, 0.3) is 5.91 Å². The summed E-state index contributed by atoms with van der Waals surface area (Å²) < 4.78 is 0. The molecule has 6 nitrogen and oxygen atoms in total. The van der Waals surface area contributed by atoms with Gasteiger partial charge in [-0.2, -0.15) is 0 Å². The fourth-order valence-electron chi connectivity index (χ4n) is 3.35. The number of nitrogens with one attached hydrogen (secondary N) is 1. The maximum absolute atomic E-state index is 13.6. The van der Waals surface area contributed by atoms with Crippen LogP contribution in [0.5, 0.6) is 0 Å². The maximum Gasteiger partial charge on any atom is 0.405 e. The minimum atomic E-state index is -1.25. The van der Waals surface area contributed by atoms with Crippen molar-refractivity contribution in [1.82, 2.24) is 10.3 Å². The summed E-state index contributed by atoms with van der Waals surface area (Å²) in [5.41, 5.74) is 5.45. The van der Waals surface area contributed by atoms with E-state index in [4.69, 9.17) is 0 Å². The summed E-state index contributed by atoms with van der Waals surface area (Å²) in [4.78, 5) is 31.2. The summed E-state index contributed by atoms with van der Waals surface area (Å²) in [7, 11) is 0. The van der Waals surface area contributed by atoms with Gasteiger partial charge in [-0.1, -0.05) is 42.5 Å². The molecule has 0 aliphatic carbocycles. The van der Waals surface area contributed by atoms with Crippen LogP contribution in [0, 0.1) is 20.8 Å². The molecule has 0 bridgehead atoms. The second-order valence-electron chi connectivity index (χ2n) is 7.63. The van der Waals surface area contributed by atoms with Crippen molar-refractivity contribution in [3.63, 3.8) is 0 Å². The number of carbonyl (C=O) groups is 2. The molecular weight excluding hydrogens is 390 g/mol. The van der Waals surface area contributed by atoms with Crippen molar-refractivity contribution in [3.05, 3.63) is 94.8 Å². The first kappa shape index (κ1) is 22.0. The summed E-state index contributed by atoms with van der Waals surface area (Å²) in [6, 6.07) is 17.7. The molecular formula is C25H27N3O3. The van der Waals surface area contributed by atoms with Crippen LogP contribution in [0.2, 0.25) is 0 Å². The van der Waals surface area contributed by atoms with E-state index < -0.39 is 12.1 Å². The number of carbonyl (C=O) groups excluding carboxylic acids is 1. The first-order valence-corrected chi connectivity index (χ1v) is 10.2. The predicted octanol–water partition coefficient (Wildman–Crippen LogP) is 4.59. The van der Waals surface area contributed by atoms with Crippen LogP contribution in [0.15, 0.2) is 66.9 Å². The number of rotatable bonds is 7. The molecule has 0 aliphatic heterocycles. The molecule has 1 heterocycles. The highest BCUT2D eigenvalue weighted by molar-refractivity contribution is 5.99. The third-order valence-corrected chi connectivity index (χ3v) is 5.28. The Hall–Kier alpha value is -3.67. The van der Waals surface area contributed by atoms with Crippen LogP contribution < -0.4 is 10.2 Å². The number of anilines is 1. The third-order valence-electron chi connectivity index (χ3n) is 5.28. The first-order chi connectivity index (χ1) is 14.8. The van der Waals surface area contributed by atoms with Crippen molar-refractivity contribution in [3.8, 4) is 0 Å². The highest BCUT2D eigenvalue weighted by Gasteiger charge is 2.28. The molecule has 0 radical (unpaired) electrons. The van der Waals surface area contributed by atoms with Crippen molar-refractivity contribution in [1.29, 1.82) is 0 Å². The quantitative estimate of drug-likeness (QED) is 0.589. The van der Waals surface area contributed by atoms with E-state index in [1.54, 1.807) is 35.4 Å². The Bertz CT molecular complexity index is 1050. The molecule has 1 atom stereocenters. The largest absolute Gasteiger partial charge is 0.465 e. The van der Waals surface area contributed by atoms with Crippen LogP contribution in [-0.2, 0) is 11.2 Å². The number of nitrogens with zero attached hydrogens (tertiary/aromatic N) is 2. The van der Waals surface area contributed by atoms with E-state index >= 15 is 0 Å². The van der Waals surface area contributed by atoms with Crippen LogP contribution in [0.1, 0.15) is 34.0 Å². The molecule has 3 rings (SSSR count). The van der Waals surface area contributed by atoms with Gasteiger partial charge >= 0.3 is 6.09 Å². The predicted molar refractivity (Wildman–Crippen MR) is 121 cm³/mol. The van der Waals surface area contributed by atoms with Gasteiger partial charge in [0, 0.05) is 30.5 Å². The van der Waals surface area contributed by atoms with Crippen LogP contribution in [0.3, 0.4) is 0 Å². The number of hydrogen-bond acceptors (Lipinski definition) is 3. The molecule has 3 aromatic rings. The SMILES string of the molecule is Cc1ccc(CCN(C(=O)[C@@H](NC(=O)O)c2ccccc2)c2ccc(C)c(C)c2)nc1. The van der Waals surface area contributed by atoms with Gasteiger partial charge in [-0.3, -0.25) is 9.78 Å². The van der Waals surface area contributed by atoms with E-state index in [-0.39, 0.29) is 5.91 Å². The Balaban J connectivity index is 1.95. The van der Waals surface area contributed by atoms with Crippen molar-refractivity contribution in [2.75, 3.05) is 11.4 Å².